The minimum Gasteiger partial charge on any atom is -0.490 e. The van der Waals surface area contributed by atoms with Gasteiger partial charge in [0.1, 0.15) is 0 Å². The van der Waals surface area contributed by atoms with E-state index in [0.717, 1.165) is 37.7 Å². The van der Waals surface area contributed by atoms with Crippen LogP contribution in [0.4, 0.5) is 0 Å². The summed E-state index contributed by atoms with van der Waals surface area (Å²) in [5, 5.41) is 3.50. The van der Waals surface area contributed by atoms with Gasteiger partial charge in [-0.25, -0.2) is 0 Å². The first-order valence-electron chi connectivity index (χ1n) is 7.35. The number of pyridine rings is 1. The zero-order valence-electron chi connectivity index (χ0n) is 12.2. The van der Waals surface area contributed by atoms with Crippen molar-refractivity contribution in [1.29, 1.82) is 0 Å². The van der Waals surface area contributed by atoms with Crippen LogP contribution in [0.5, 0.6) is 11.5 Å². The summed E-state index contributed by atoms with van der Waals surface area (Å²) in [6.07, 6.45) is 4.62. The minimum atomic E-state index is 0.259. The third kappa shape index (κ3) is 3.52. The van der Waals surface area contributed by atoms with Crippen molar-refractivity contribution in [2.75, 3.05) is 13.2 Å². The molecule has 1 N–H and O–H groups in total. The highest BCUT2D eigenvalue weighted by Crippen LogP contribution is 2.30. The van der Waals surface area contributed by atoms with Gasteiger partial charge in [-0.15, -0.1) is 0 Å². The molecular weight excluding hydrogens is 264 g/mol. The summed E-state index contributed by atoms with van der Waals surface area (Å²) in [6, 6.07) is 10.4. The largest absolute Gasteiger partial charge is 0.490 e. The van der Waals surface area contributed by atoms with Crippen molar-refractivity contribution in [3.05, 3.63) is 53.9 Å². The van der Waals surface area contributed by atoms with Gasteiger partial charge in [0.2, 0.25) is 0 Å². The first-order valence-corrected chi connectivity index (χ1v) is 7.35. The molecule has 2 aromatic rings. The number of benzene rings is 1. The molecule has 110 valence electrons. The van der Waals surface area contributed by atoms with Crippen molar-refractivity contribution in [3.63, 3.8) is 0 Å². The number of hydrogen-bond donors (Lipinski definition) is 1. The average molecular weight is 284 g/mol. The predicted molar refractivity (Wildman–Crippen MR) is 81.5 cm³/mol. The van der Waals surface area contributed by atoms with E-state index in [9.17, 15) is 0 Å². The molecule has 0 spiro atoms. The van der Waals surface area contributed by atoms with Crippen LogP contribution < -0.4 is 14.8 Å². The smallest absolute Gasteiger partial charge is 0.161 e. The zero-order chi connectivity index (χ0) is 14.5. The third-order valence-electron chi connectivity index (χ3n) is 3.61. The molecule has 0 saturated carbocycles. The SMILES string of the molecule is C[C@@H](NCc1ccc2c(c1)OCCCO2)c1cccnc1. The normalized spacial score (nSPS) is 15.3. The monoisotopic (exact) mass is 284 g/mol. The first-order chi connectivity index (χ1) is 10.3. The number of nitrogens with zero attached hydrogens (tertiary/aromatic N) is 1. The van der Waals surface area contributed by atoms with Crippen molar-refractivity contribution in [2.45, 2.75) is 25.9 Å². The Kier molecular flexibility index (Phi) is 4.36. The van der Waals surface area contributed by atoms with Crippen LogP contribution in [0.2, 0.25) is 0 Å². The molecule has 0 bridgehead atoms. The molecular formula is C17H20N2O2. The Hall–Kier alpha value is -2.07. The maximum absolute atomic E-state index is 5.72. The van der Waals surface area contributed by atoms with E-state index in [1.54, 1.807) is 6.20 Å². The molecule has 2 heterocycles. The van der Waals surface area contributed by atoms with Crippen LogP contribution in [0, 0.1) is 0 Å². The molecule has 1 aliphatic rings. The summed E-state index contributed by atoms with van der Waals surface area (Å²) in [7, 11) is 0. The Labute approximate surface area is 125 Å². The molecule has 0 aliphatic carbocycles. The van der Waals surface area contributed by atoms with Crippen LogP contribution in [-0.4, -0.2) is 18.2 Å². The molecule has 0 fully saturated rings. The van der Waals surface area contributed by atoms with Crippen molar-refractivity contribution >= 4 is 0 Å². The van der Waals surface area contributed by atoms with Gasteiger partial charge >= 0.3 is 0 Å². The summed E-state index contributed by atoms with van der Waals surface area (Å²) in [5.41, 5.74) is 2.38. The van der Waals surface area contributed by atoms with E-state index in [0.29, 0.717) is 0 Å². The van der Waals surface area contributed by atoms with Gasteiger partial charge in [0.25, 0.3) is 0 Å². The van der Waals surface area contributed by atoms with Crippen LogP contribution in [-0.2, 0) is 6.54 Å². The van der Waals surface area contributed by atoms with Gasteiger partial charge in [-0.1, -0.05) is 12.1 Å². The maximum atomic E-state index is 5.72. The lowest BCUT2D eigenvalue weighted by atomic mass is 10.1. The Bertz CT molecular complexity index is 587. The van der Waals surface area contributed by atoms with Crippen LogP contribution in [0.25, 0.3) is 0 Å². The lowest BCUT2D eigenvalue weighted by molar-refractivity contribution is 0.297. The fourth-order valence-corrected chi connectivity index (χ4v) is 2.34. The van der Waals surface area contributed by atoms with E-state index < -0.39 is 0 Å². The number of aromatic nitrogens is 1. The Morgan fingerprint density at radius 1 is 1.19 bits per heavy atom. The van der Waals surface area contributed by atoms with Gasteiger partial charge < -0.3 is 14.8 Å². The summed E-state index contributed by atoms with van der Waals surface area (Å²) < 4.78 is 11.4. The second kappa shape index (κ2) is 6.59. The zero-order valence-corrected chi connectivity index (χ0v) is 12.2. The average Bonchev–Trinajstić information content (AvgIpc) is 2.78. The van der Waals surface area contributed by atoms with E-state index in [4.69, 9.17) is 9.47 Å². The van der Waals surface area contributed by atoms with Gasteiger partial charge in [0.15, 0.2) is 11.5 Å². The standard InChI is InChI=1S/C17H20N2O2/c1-13(15-4-2-7-18-12-15)19-11-14-5-6-16-17(10-14)21-9-3-8-20-16/h2,4-7,10,12-13,19H,3,8-9,11H2,1H3/t13-/m1/s1. The van der Waals surface area contributed by atoms with Crippen LogP contribution in [0.3, 0.4) is 0 Å². The van der Waals surface area contributed by atoms with E-state index in [1.807, 2.05) is 18.3 Å². The van der Waals surface area contributed by atoms with Gasteiger partial charge in [-0.05, 0) is 36.2 Å². The molecule has 0 amide bonds. The molecule has 0 unspecified atom stereocenters. The fraction of sp³-hybridized carbons (Fsp3) is 0.353. The van der Waals surface area contributed by atoms with E-state index in [1.165, 1.54) is 11.1 Å². The Morgan fingerprint density at radius 2 is 2.05 bits per heavy atom. The van der Waals surface area contributed by atoms with E-state index in [2.05, 4.69) is 35.4 Å². The highest BCUT2D eigenvalue weighted by Gasteiger charge is 2.11. The third-order valence-corrected chi connectivity index (χ3v) is 3.61. The van der Waals surface area contributed by atoms with Gasteiger partial charge in [0, 0.05) is 31.4 Å². The van der Waals surface area contributed by atoms with Gasteiger partial charge in [0.05, 0.1) is 13.2 Å². The van der Waals surface area contributed by atoms with Crippen LogP contribution >= 0.6 is 0 Å². The molecule has 1 aliphatic heterocycles. The maximum Gasteiger partial charge on any atom is 0.161 e. The summed E-state index contributed by atoms with van der Waals surface area (Å²) in [5.74, 6) is 1.69. The number of hydrogen-bond acceptors (Lipinski definition) is 4. The fourth-order valence-electron chi connectivity index (χ4n) is 2.34. The van der Waals surface area contributed by atoms with Gasteiger partial charge in [-0.2, -0.15) is 0 Å². The Morgan fingerprint density at radius 3 is 2.86 bits per heavy atom. The van der Waals surface area contributed by atoms with Crippen LogP contribution in [0.15, 0.2) is 42.7 Å². The minimum absolute atomic E-state index is 0.259. The molecule has 1 atom stereocenters. The Balaban J connectivity index is 1.64. The van der Waals surface area contributed by atoms with Crippen molar-refractivity contribution < 1.29 is 9.47 Å². The molecule has 4 nitrogen and oxygen atoms in total. The predicted octanol–water partition coefficient (Wildman–Crippen LogP) is 3.09. The summed E-state index contributed by atoms with van der Waals surface area (Å²) >= 11 is 0. The molecule has 1 aromatic carbocycles. The number of fused-ring (bicyclic) bond motifs is 1. The number of nitrogens with one attached hydrogen (secondary N) is 1. The van der Waals surface area contributed by atoms with Crippen LogP contribution in [0.1, 0.15) is 30.5 Å². The molecule has 0 saturated heterocycles. The topological polar surface area (TPSA) is 43.4 Å². The highest BCUT2D eigenvalue weighted by atomic mass is 16.5. The quantitative estimate of drug-likeness (QED) is 0.937. The lowest BCUT2D eigenvalue weighted by Gasteiger charge is -2.15. The molecule has 1 aromatic heterocycles. The number of ether oxygens (including phenoxy) is 2. The highest BCUT2D eigenvalue weighted by molar-refractivity contribution is 5.43. The van der Waals surface area contributed by atoms with E-state index >= 15 is 0 Å². The molecule has 21 heavy (non-hydrogen) atoms. The van der Waals surface area contributed by atoms with Crippen molar-refractivity contribution in [1.82, 2.24) is 10.3 Å². The van der Waals surface area contributed by atoms with Gasteiger partial charge in [-0.3, -0.25) is 4.98 Å². The van der Waals surface area contributed by atoms with Crippen molar-refractivity contribution in [2.24, 2.45) is 0 Å². The molecule has 4 heteroatoms. The first kappa shape index (κ1) is 13.9. The number of rotatable bonds is 4. The summed E-state index contributed by atoms with van der Waals surface area (Å²) in [6.45, 7) is 4.37. The summed E-state index contributed by atoms with van der Waals surface area (Å²) in [4.78, 5) is 4.15. The molecule has 0 radical (unpaired) electrons. The second-order valence-electron chi connectivity index (χ2n) is 5.22. The van der Waals surface area contributed by atoms with Crippen molar-refractivity contribution in [3.8, 4) is 11.5 Å². The van der Waals surface area contributed by atoms with E-state index in [-0.39, 0.29) is 6.04 Å². The lowest BCUT2D eigenvalue weighted by Crippen LogP contribution is -2.18. The molecule has 3 rings (SSSR count). The second-order valence-corrected chi connectivity index (χ2v) is 5.22.